The second-order valence-corrected chi connectivity index (χ2v) is 5.39. The fourth-order valence-electron chi connectivity index (χ4n) is 2.31. The van der Waals surface area contributed by atoms with Crippen LogP contribution >= 0.6 is 0 Å². The Kier molecular flexibility index (Phi) is 5.32. The van der Waals surface area contributed by atoms with Crippen molar-refractivity contribution in [2.45, 2.75) is 38.8 Å². The number of amides is 1. The number of rotatable bonds is 4. The Balaban J connectivity index is 2.01. The smallest absolute Gasteiger partial charge is 0.413 e. The summed E-state index contributed by atoms with van der Waals surface area (Å²) in [5.41, 5.74) is 0. The first kappa shape index (κ1) is 15.5. The van der Waals surface area contributed by atoms with Crippen LogP contribution in [0.1, 0.15) is 26.7 Å². The molecule has 7 heteroatoms. The maximum atomic E-state index is 11.6. The van der Waals surface area contributed by atoms with Crippen molar-refractivity contribution in [1.82, 2.24) is 15.3 Å². The second kappa shape index (κ2) is 7.21. The van der Waals surface area contributed by atoms with Gasteiger partial charge in [-0.25, -0.2) is 9.78 Å². The third kappa shape index (κ3) is 4.56. The predicted octanol–water partition coefficient (Wildman–Crippen LogP) is 1.62. The Morgan fingerprint density at radius 1 is 1.52 bits per heavy atom. The van der Waals surface area contributed by atoms with Crippen molar-refractivity contribution in [3.05, 3.63) is 12.3 Å². The van der Waals surface area contributed by atoms with E-state index in [9.17, 15) is 4.79 Å². The van der Waals surface area contributed by atoms with Crippen LogP contribution in [0.2, 0.25) is 0 Å². The van der Waals surface area contributed by atoms with Gasteiger partial charge in [0.25, 0.3) is 0 Å². The zero-order valence-corrected chi connectivity index (χ0v) is 12.8. The number of aromatic nitrogens is 2. The molecule has 0 aromatic carbocycles. The first-order chi connectivity index (χ1) is 10.1. The van der Waals surface area contributed by atoms with E-state index in [2.05, 4.69) is 25.5 Å². The Hall–Kier alpha value is -1.89. The maximum absolute atomic E-state index is 11.6. The molecule has 0 spiro atoms. The van der Waals surface area contributed by atoms with Gasteiger partial charge in [-0.15, -0.1) is 0 Å². The molecule has 1 amide bonds. The molecule has 0 aliphatic carbocycles. The minimum absolute atomic E-state index is 0.162. The van der Waals surface area contributed by atoms with Gasteiger partial charge in [-0.3, -0.25) is 5.32 Å². The molecule has 0 radical (unpaired) electrons. The van der Waals surface area contributed by atoms with Gasteiger partial charge >= 0.3 is 6.09 Å². The number of hydrogen-bond acceptors (Lipinski definition) is 6. The van der Waals surface area contributed by atoms with Crippen molar-refractivity contribution in [1.29, 1.82) is 0 Å². The van der Waals surface area contributed by atoms with Crippen LogP contribution < -0.4 is 15.5 Å². The molecule has 1 aromatic rings. The lowest BCUT2D eigenvalue weighted by Crippen LogP contribution is -2.45. The lowest BCUT2D eigenvalue weighted by molar-refractivity contribution is 0.130. The van der Waals surface area contributed by atoms with Crippen molar-refractivity contribution < 1.29 is 9.53 Å². The van der Waals surface area contributed by atoms with E-state index in [4.69, 9.17) is 4.74 Å². The van der Waals surface area contributed by atoms with E-state index in [0.717, 1.165) is 25.9 Å². The van der Waals surface area contributed by atoms with Gasteiger partial charge in [0.15, 0.2) is 0 Å². The molecule has 0 unspecified atom stereocenters. The molecular weight excluding hydrogens is 270 g/mol. The van der Waals surface area contributed by atoms with Gasteiger partial charge in [0.2, 0.25) is 5.95 Å². The molecule has 0 saturated carbocycles. The second-order valence-electron chi connectivity index (χ2n) is 5.39. The summed E-state index contributed by atoms with van der Waals surface area (Å²) in [6, 6.07) is 2.11. The van der Waals surface area contributed by atoms with Crippen LogP contribution in [0.3, 0.4) is 0 Å². The number of carbonyl (C=O) groups is 1. The fraction of sp³-hybridized carbons (Fsp3) is 0.643. The highest BCUT2D eigenvalue weighted by Gasteiger charge is 2.20. The molecule has 1 saturated heterocycles. The molecule has 116 valence electrons. The van der Waals surface area contributed by atoms with Crippen molar-refractivity contribution in [2.75, 3.05) is 30.4 Å². The lowest BCUT2D eigenvalue weighted by atomic mass is 10.1. The number of nitrogens with one attached hydrogen (secondary N) is 2. The number of hydrogen-bond donors (Lipinski definition) is 2. The van der Waals surface area contributed by atoms with Crippen LogP contribution in [-0.4, -0.2) is 48.3 Å². The quantitative estimate of drug-likeness (QED) is 0.878. The standard InChI is InChI=1S/C14H23N5O2/c1-10(2)21-14(20)18-12-6-7-16-13(17-12)19-8-4-5-11(9-19)15-3/h6-7,10-11,15H,4-5,8-9H2,1-3H3,(H,16,17,18,20)/t11-/m1/s1. The molecule has 2 heterocycles. The summed E-state index contributed by atoms with van der Waals surface area (Å²) < 4.78 is 5.04. The van der Waals surface area contributed by atoms with Gasteiger partial charge in [-0.05, 0) is 39.8 Å². The van der Waals surface area contributed by atoms with E-state index in [-0.39, 0.29) is 6.10 Å². The SMILES string of the molecule is CN[C@@H]1CCCN(c2nccc(NC(=O)OC(C)C)n2)C1. The monoisotopic (exact) mass is 293 g/mol. The van der Waals surface area contributed by atoms with Crippen molar-refractivity contribution in [2.24, 2.45) is 0 Å². The maximum Gasteiger partial charge on any atom is 0.413 e. The first-order valence-corrected chi connectivity index (χ1v) is 7.31. The molecule has 1 aliphatic heterocycles. The van der Waals surface area contributed by atoms with Crippen LogP contribution in [-0.2, 0) is 4.74 Å². The molecular formula is C14H23N5O2. The van der Waals surface area contributed by atoms with Crippen LogP contribution in [0.15, 0.2) is 12.3 Å². The highest BCUT2D eigenvalue weighted by Crippen LogP contribution is 2.17. The number of carbonyl (C=O) groups excluding carboxylic acids is 1. The van der Waals surface area contributed by atoms with Crippen molar-refractivity contribution in [3.63, 3.8) is 0 Å². The summed E-state index contributed by atoms with van der Waals surface area (Å²) in [5, 5.41) is 5.91. The van der Waals surface area contributed by atoms with E-state index in [1.807, 2.05) is 7.05 Å². The number of anilines is 2. The van der Waals surface area contributed by atoms with Crippen LogP contribution in [0.5, 0.6) is 0 Å². The summed E-state index contributed by atoms with van der Waals surface area (Å²) in [6.07, 6.45) is 3.25. The Morgan fingerprint density at radius 2 is 2.33 bits per heavy atom. The third-order valence-electron chi connectivity index (χ3n) is 3.33. The number of likely N-dealkylation sites (N-methyl/N-ethyl adjacent to an activating group) is 1. The van der Waals surface area contributed by atoms with Gasteiger partial charge < -0.3 is 15.0 Å². The number of piperidine rings is 1. The summed E-state index contributed by atoms with van der Waals surface area (Å²) in [5.74, 6) is 1.09. The van der Waals surface area contributed by atoms with Gasteiger partial charge in [0, 0.05) is 25.3 Å². The zero-order valence-electron chi connectivity index (χ0n) is 12.8. The van der Waals surface area contributed by atoms with Gasteiger partial charge in [-0.1, -0.05) is 0 Å². The fourth-order valence-corrected chi connectivity index (χ4v) is 2.31. The highest BCUT2D eigenvalue weighted by atomic mass is 16.6. The summed E-state index contributed by atoms with van der Waals surface area (Å²) >= 11 is 0. The molecule has 1 fully saturated rings. The summed E-state index contributed by atoms with van der Waals surface area (Å²) in [4.78, 5) is 22.4. The Labute approximate surface area is 125 Å². The molecule has 2 N–H and O–H groups in total. The van der Waals surface area contributed by atoms with Crippen molar-refractivity contribution in [3.8, 4) is 0 Å². The molecule has 21 heavy (non-hydrogen) atoms. The highest BCUT2D eigenvalue weighted by molar-refractivity contribution is 5.83. The normalized spacial score (nSPS) is 18.7. The van der Waals surface area contributed by atoms with Gasteiger partial charge in [0.05, 0.1) is 6.10 Å². The average molecular weight is 293 g/mol. The third-order valence-corrected chi connectivity index (χ3v) is 3.33. The molecule has 0 bridgehead atoms. The van der Waals surface area contributed by atoms with E-state index < -0.39 is 6.09 Å². The molecule has 1 atom stereocenters. The molecule has 7 nitrogen and oxygen atoms in total. The van der Waals surface area contributed by atoms with Crippen LogP contribution in [0.25, 0.3) is 0 Å². The van der Waals surface area contributed by atoms with Gasteiger partial charge in [-0.2, -0.15) is 4.98 Å². The largest absolute Gasteiger partial charge is 0.447 e. The summed E-state index contributed by atoms with van der Waals surface area (Å²) in [6.45, 7) is 5.40. The van der Waals surface area contributed by atoms with Crippen LogP contribution in [0.4, 0.5) is 16.6 Å². The lowest BCUT2D eigenvalue weighted by Gasteiger charge is -2.32. The molecule has 2 rings (SSSR count). The Bertz CT molecular complexity index is 480. The van der Waals surface area contributed by atoms with E-state index in [0.29, 0.717) is 17.8 Å². The predicted molar refractivity (Wildman–Crippen MR) is 81.6 cm³/mol. The van der Waals surface area contributed by atoms with E-state index >= 15 is 0 Å². The van der Waals surface area contributed by atoms with Crippen LogP contribution in [0, 0.1) is 0 Å². The number of nitrogens with zero attached hydrogens (tertiary/aromatic N) is 3. The van der Waals surface area contributed by atoms with Crippen molar-refractivity contribution >= 4 is 17.9 Å². The van der Waals surface area contributed by atoms with Gasteiger partial charge in [0.1, 0.15) is 5.82 Å². The average Bonchev–Trinajstić information content (AvgIpc) is 2.46. The topological polar surface area (TPSA) is 79.4 Å². The zero-order chi connectivity index (χ0) is 15.2. The number of ether oxygens (including phenoxy) is 1. The molecule has 1 aromatic heterocycles. The first-order valence-electron chi connectivity index (χ1n) is 7.31. The van der Waals surface area contributed by atoms with E-state index in [1.54, 1.807) is 26.1 Å². The summed E-state index contributed by atoms with van der Waals surface area (Å²) in [7, 11) is 1.97. The minimum atomic E-state index is -0.499. The molecule has 1 aliphatic rings. The Morgan fingerprint density at radius 3 is 3.05 bits per heavy atom. The minimum Gasteiger partial charge on any atom is -0.447 e. The van der Waals surface area contributed by atoms with E-state index in [1.165, 1.54) is 0 Å².